The van der Waals surface area contributed by atoms with Crippen molar-refractivity contribution in [3.8, 4) is 17.2 Å². The first-order valence-corrected chi connectivity index (χ1v) is 23.2. The normalized spacial score (nSPS) is 20.4. The van der Waals surface area contributed by atoms with Crippen molar-refractivity contribution in [2.75, 3.05) is 45.9 Å². The van der Waals surface area contributed by atoms with E-state index in [4.69, 9.17) is 10.5 Å². The second kappa shape index (κ2) is 24.0. The smallest absolute Gasteiger partial charge is 0.246 e. The van der Waals surface area contributed by atoms with E-state index < -0.39 is 52.4 Å². The lowest BCUT2D eigenvalue weighted by Gasteiger charge is -2.42. The van der Waals surface area contributed by atoms with Crippen molar-refractivity contribution in [1.82, 2.24) is 31.5 Å². The first-order valence-electron chi connectivity index (χ1n) is 23.2. The van der Waals surface area contributed by atoms with E-state index in [-0.39, 0.29) is 58.0 Å². The standard InChI is InChI=1S/C53H62N8O7/c1-52(2,35-55)43-19-17-40(18-20-43)39-15-13-37(14-16-39)31-45-50(66)58-34-42-12-7-6-11-41(42)32-47(63)59-44(49(65)57-27-30-68-29-25-54)23-26-56-46(62)21-22-48(64)61-28-8-24-53(36-61,51(67)60-45)33-38-9-4-3-5-10-38/h3-7,9-22,44-45H,8,23-34,36,54H2,1-2H3,(H,56,62)(H,57,65)(H,58,66)(H,59,63)(H,60,67)/b22-21+/t44-,45-,53-/m0/s1. The Morgan fingerprint density at radius 3 is 2.25 bits per heavy atom. The van der Waals surface area contributed by atoms with Crippen LogP contribution in [0.2, 0.25) is 0 Å². The third-order valence-electron chi connectivity index (χ3n) is 12.5. The predicted octanol–water partition coefficient (Wildman–Crippen LogP) is 3.54. The van der Waals surface area contributed by atoms with Crippen molar-refractivity contribution >= 4 is 35.4 Å². The number of hydrogen-bond donors (Lipinski definition) is 6. The fourth-order valence-corrected chi connectivity index (χ4v) is 8.55. The van der Waals surface area contributed by atoms with E-state index in [2.05, 4.69) is 32.7 Å². The number of carbonyl (C=O) groups excluding carboxylic acids is 6. The third kappa shape index (κ3) is 13.9. The Morgan fingerprint density at radius 1 is 0.853 bits per heavy atom. The number of nitrogens with zero attached hydrogens (tertiary/aromatic N) is 2. The van der Waals surface area contributed by atoms with Crippen molar-refractivity contribution in [1.29, 1.82) is 5.26 Å². The van der Waals surface area contributed by atoms with E-state index in [0.29, 0.717) is 50.1 Å². The van der Waals surface area contributed by atoms with Gasteiger partial charge in [-0.15, -0.1) is 0 Å². The average molecular weight is 923 g/mol. The van der Waals surface area contributed by atoms with Crippen LogP contribution in [0.15, 0.2) is 115 Å². The van der Waals surface area contributed by atoms with Crippen molar-refractivity contribution in [2.24, 2.45) is 11.1 Å². The van der Waals surface area contributed by atoms with Gasteiger partial charge in [-0.3, -0.25) is 28.8 Å². The summed E-state index contributed by atoms with van der Waals surface area (Å²) in [4.78, 5) is 84.7. The van der Waals surface area contributed by atoms with Gasteiger partial charge in [0.1, 0.15) is 12.1 Å². The fraction of sp³-hybridized carbons (Fsp3) is 0.377. The molecule has 4 aromatic rings. The quantitative estimate of drug-likeness (QED) is 0.114. The predicted molar refractivity (Wildman–Crippen MR) is 258 cm³/mol. The second-order valence-corrected chi connectivity index (χ2v) is 17.9. The maximum atomic E-state index is 15.0. The maximum Gasteiger partial charge on any atom is 0.246 e. The highest BCUT2D eigenvalue weighted by atomic mass is 16.5. The summed E-state index contributed by atoms with van der Waals surface area (Å²) in [5, 5.41) is 24.0. The van der Waals surface area contributed by atoms with Gasteiger partial charge in [0.25, 0.3) is 0 Å². The molecule has 0 aliphatic carbocycles. The molecule has 2 bridgehead atoms. The lowest BCUT2D eigenvalue weighted by molar-refractivity contribution is -0.141. The van der Waals surface area contributed by atoms with Gasteiger partial charge in [-0.25, -0.2) is 0 Å². The lowest BCUT2D eigenvalue weighted by Crippen LogP contribution is -2.58. The van der Waals surface area contributed by atoms with E-state index in [9.17, 15) is 34.0 Å². The number of rotatable bonds is 12. The van der Waals surface area contributed by atoms with Crippen LogP contribution in [-0.4, -0.2) is 98.4 Å². The van der Waals surface area contributed by atoms with Crippen molar-refractivity contribution in [2.45, 2.75) is 76.4 Å². The van der Waals surface area contributed by atoms with Crippen LogP contribution in [0.1, 0.15) is 60.9 Å². The molecule has 0 unspecified atom stereocenters. The highest BCUT2D eigenvalue weighted by Crippen LogP contribution is 2.35. The monoisotopic (exact) mass is 922 g/mol. The van der Waals surface area contributed by atoms with Gasteiger partial charge in [-0.05, 0) is 78.5 Å². The molecule has 7 N–H and O–H groups in total. The van der Waals surface area contributed by atoms with E-state index in [1.54, 1.807) is 29.2 Å². The summed E-state index contributed by atoms with van der Waals surface area (Å²) in [6, 6.07) is 32.6. The summed E-state index contributed by atoms with van der Waals surface area (Å²) in [6.07, 6.45) is 3.62. The molecule has 2 aliphatic rings. The van der Waals surface area contributed by atoms with Gasteiger partial charge in [0, 0.05) is 57.8 Å². The number of amides is 6. The largest absolute Gasteiger partial charge is 0.378 e. The summed E-state index contributed by atoms with van der Waals surface area (Å²) in [5.41, 5.74) is 9.51. The Bertz CT molecular complexity index is 2470. The minimum Gasteiger partial charge on any atom is -0.378 e. The summed E-state index contributed by atoms with van der Waals surface area (Å²) in [7, 11) is 0. The van der Waals surface area contributed by atoms with Crippen LogP contribution in [0.25, 0.3) is 11.1 Å². The number of piperidine rings is 1. The molecule has 0 radical (unpaired) electrons. The topological polar surface area (TPSA) is 225 Å². The molecule has 0 saturated carbocycles. The van der Waals surface area contributed by atoms with E-state index >= 15 is 0 Å². The first-order chi connectivity index (χ1) is 32.8. The van der Waals surface area contributed by atoms with Gasteiger partial charge < -0.3 is 42.0 Å². The van der Waals surface area contributed by atoms with Crippen LogP contribution in [0.4, 0.5) is 0 Å². The van der Waals surface area contributed by atoms with Gasteiger partial charge in [0.15, 0.2) is 0 Å². The van der Waals surface area contributed by atoms with E-state index in [1.807, 2.05) is 92.7 Å². The summed E-state index contributed by atoms with van der Waals surface area (Å²) in [6.45, 7) is 5.26. The van der Waals surface area contributed by atoms with Crippen molar-refractivity contribution < 1.29 is 33.5 Å². The van der Waals surface area contributed by atoms with Crippen molar-refractivity contribution in [3.05, 3.63) is 143 Å². The van der Waals surface area contributed by atoms with Gasteiger partial charge in [0.05, 0.1) is 36.5 Å². The molecule has 6 rings (SSSR count). The van der Waals surface area contributed by atoms with Crippen LogP contribution in [0, 0.1) is 16.7 Å². The molecule has 6 amide bonds. The molecular formula is C53H62N8O7. The van der Waals surface area contributed by atoms with Crippen LogP contribution < -0.4 is 32.3 Å². The Labute approximate surface area is 398 Å². The molecule has 2 heterocycles. The Morgan fingerprint density at radius 2 is 1.54 bits per heavy atom. The zero-order valence-electron chi connectivity index (χ0n) is 38.9. The zero-order valence-corrected chi connectivity index (χ0v) is 38.9. The van der Waals surface area contributed by atoms with Gasteiger partial charge in [-0.1, -0.05) is 103 Å². The average Bonchev–Trinajstić information content (AvgIpc) is 3.35. The first kappa shape index (κ1) is 50.3. The molecular weight excluding hydrogens is 861 g/mol. The molecule has 2 aliphatic heterocycles. The number of benzene rings is 4. The SMILES string of the molecule is CC(C)(C#N)c1ccc(-c2ccc(C[C@@H]3NC(=O)[C@]4(Cc5ccccc5)CCCN(C4)C(=O)/C=C/C(=O)NCC[C@@H](C(=O)NCCOCCN)NC(=O)Cc4ccccc4CNC3=O)cc2)cc1. The van der Waals surface area contributed by atoms with E-state index in [1.165, 1.54) is 6.08 Å². The van der Waals surface area contributed by atoms with Gasteiger partial charge in [0.2, 0.25) is 35.4 Å². The molecule has 15 nitrogen and oxygen atoms in total. The maximum absolute atomic E-state index is 15.0. The molecule has 1 fully saturated rings. The number of ether oxygens (including phenoxy) is 1. The number of carbonyl (C=O) groups is 6. The Balaban J connectivity index is 1.30. The van der Waals surface area contributed by atoms with Crippen LogP contribution in [0.5, 0.6) is 0 Å². The molecule has 1 saturated heterocycles. The van der Waals surface area contributed by atoms with Crippen LogP contribution in [0.3, 0.4) is 0 Å². The zero-order chi connectivity index (χ0) is 48.5. The minimum absolute atomic E-state index is 0.00796. The molecule has 4 aromatic carbocycles. The molecule has 68 heavy (non-hydrogen) atoms. The molecule has 15 heteroatoms. The fourth-order valence-electron chi connectivity index (χ4n) is 8.55. The lowest BCUT2D eigenvalue weighted by atomic mass is 9.74. The second-order valence-electron chi connectivity index (χ2n) is 17.9. The number of nitrogens with two attached hydrogens (primary N) is 1. The number of hydrogen-bond acceptors (Lipinski definition) is 9. The van der Waals surface area contributed by atoms with Gasteiger partial charge >= 0.3 is 0 Å². The van der Waals surface area contributed by atoms with Gasteiger partial charge in [-0.2, -0.15) is 5.26 Å². The van der Waals surface area contributed by atoms with Crippen LogP contribution >= 0.6 is 0 Å². The number of fused-ring (bicyclic) bond motifs is 3. The summed E-state index contributed by atoms with van der Waals surface area (Å²) >= 11 is 0. The summed E-state index contributed by atoms with van der Waals surface area (Å²) in [5.74, 6) is -2.77. The molecule has 356 valence electrons. The Kier molecular flexibility index (Phi) is 17.8. The number of nitriles is 1. The molecule has 0 spiro atoms. The molecule has 0 aromatic heterocycles. The third-order valence-corrected chi connectivity index (χ3v) is 12.5. The highest BCUT2D eigenvalue weighted by Gasteiger charge is 2.44. The highest BCUT2D eigenvalue weighted by molar-refractivity contribution is 5.97. The van der Waals surface area contributed by atoms with E-state index in [0.717, 1.165) is 33.9 Å². The Hall–Kier alpha value is -7.15. The summed E-state index contributed by atoms with van der Waals surface area (Å²) < 4.78 is 5.37. The minimum atomic E-state index is -1.12. The van der Waals surface area contributed by atoms with Crippen molar-refractivity contribution in [3.63, 3.8) is 0 Å². The van der Waals surface area contributed by atoms with Crippen LogP contribution in [-0.2, 0) is 64.7 Å². The molecule has 3 atom stereocenters. The number of nitrogens with one attached hydrogen (secondary N) is 5.